The van der Waals surface area contributed by atoms with Crippen LogP contribution in [0.4, 0.5) is 4.39 Å². The number of likely N-dealkylation sites (N-methyl/N-ethyl adjacent to an activating group) is 1. The van der Waals surface area contributed by atoms with E-state index >= 15 is 0 Å². The summed E-state index contributed by atoms with van der Waals surface area (Å²) in [6, 6.07) is 6.40. The van der Waals surface area contributed by atoms with Crippen LogP contribution in [0.1, 0.15) is 6.92 Å². The van der Waals surface area contributed by atoms with E-state index in [1.807, 2.05) is 19.1 Å². The number of nitrogens with one attached hydrogen (secondary N) is 1. The van der Waals surface area contributed by atoms with Gasteiger partial charge >= 0.3 is 0 Å². The van der Waals surface area contributed by atoms with Crippen molar-refractivity contribution in [3.05, 3.63) is 42.2 Å². The average molecular weight is 209 g/mol. The van der Waals surface area contributed by atoms with Gasteiger partial charge in [0.05, 0.1) is 0 Å². The molecule has 0 atom stereocenters. The van der Waals surface area contributed by atoms with Crippen LogP contribution in [0.15, 0.2) is 36.4 Å². The van der Waals surface area contributed by atoms with Crippen molar-refractivity contribution in [3.63, 3.8) is 0 Å². The van der Waals surface area contributed by atoms with Crippen LogP contribution in [0.2, 0.25) is 0 Å². The summed E-state index contributed by atoms with van der Waals surface area (Å²) < 4.78 is 18.3. The molecule has 0 spiro atoms. The molecule has 0 aliphatic carbocycles. The lowest BCUT2D eigenvalue weighted by Gasteiger charge is -2.03. The first kappa shape index (κ1) is 11.7. The molecule has 1 rings (SSSR count). The molecule has 1 N–H and O–H groups in total. The smallest absolute Gasteiger partial charge is 0.165 e. The van der Waals surface area contributed by atoms with Gasteiger partial charge in [-0.25, -0.2) is 4.39 Å². The Balaban J connectivity index is 2.26. The molecule has 0 saturated carbocycles. The zero-order valence-electron chi connectivity index (χ0n) is 8.87. The zero-order chi connectivity index (χ0) is 10.9. The first-order valence-electron chi connectivity index (χ1n) is 5.07. The van der Waals surface area contributed by atoms with Crippen LogP contribution < -0.4 is 10.1 Å². The van der Waals surface area contributed by atoms with E-state index in [4.69, 9.17) is 4.74 Å². The number of hydrogen-bond donors (Lipinski definition) is 1. The summed E-state index contributed by atoms with van der Waals surface area (Å²) in [6.07, 6.45) is 3.83. The van der Waals surface area contributed by atoms with E-state index in [0.29, 0.717) is 12.4 Å². The highest BCUT2D eigenvalue weighted by Crippen LogP contribution is 2.14. The van der Waals surface area contributed by atoms with Crippen LogP contribution in [0.3, 0.4) is 0 Å². The molecule has 0 aromatic heterocycles. The van der Waals surface area contributed by atoms with Gasteiger partial charge in [-0.15, -0.1) is 0 Å². The average Bonchev–Trinajstić information content (AvgIpc) is 2.25. The van der Waals surface area contributed by atoms with Crippen molar-refractivity contribution < 1.29 is 9.13 Å². The van der Waals surface area contributed by atoms with Gasteiger partial charge < -0.3 is 10.1 Å². The lowest BCUT2D eigenvalue weighted by atomic mass is 10.3. The summed E-state index contributed by atoms with van der Waals surface area (Å²) in [4.78, 5) is 0. The maximum absolute atomic E-state index is 13.1. The molecule has 0 unspecified atom stereocenters. The van der Waals surface area contributed by atoms with Crippen molar-refractivity contribution in [2.45, 2.75) is 6.92 Å². The Hall–Kier alpha value is -1.35. The van der Waals surface area contributed by atoms with Crippen molar-refractivity contribution in [1.29, 1.82) is 0 Å². The third kappa shape index (κ3) is 4.61. The SMILES string of the molecule is CCNC/C=C/COc1ccccc1F. The van der Waals surface area contributed by atoms with Gasteiger partial charge in [0.15, 0.2) is 11.6 Å². The molecule has 0 fully saturated rings. The summed E-state index contributed by atoms with van der Waals surface area (Å²) >= 11 is 0. The summed E-state index contributed by atoms with van der Waals surface area (Å²) in [5.74, 6) is -0.0248. The minimum atomic E-state index is -0.322. The predicted octanol–water partition coefficient (Wildman–Crippen LogP) is 2.37. The second-order valence-corrected chi connectivity index (χ2v) is 3.02. The maximum Gasteiger partial charge on any atom is 0.165 e. The van der Waals surface area contributed by atoms with E-state index in [-0.39, 0.29) is 5.82 Å². The highest BCUT2D eigenvalue weighted by Gasteiger charge is 1.98. The molecule has 15 heavy (non-hydrogen) atoms. The molecule has 0 heterocycles. The lowest BCUT2D eigenvalue weighted by molar-refractivity contribution is 0.341. The van der Waals surface area contributed by atoms with E-state index in [1.165, 1.54) is 6.07 Å². The van der Waals surface area contributed by atoms with Crippen molar-refractivity contribution in [1.82, 2.24) is 5.32 Å². The van der Waals surface area contributed by atoms with E-state index in [0.717, 1.165) is 13.1 Å². The van der Waals surface area contributed by atoms with Crippen molar-refractivity contribution >= 4 is 0 Å². The molecular weight excluding hydrogens is 193 g/mol. The molecule has 0 aliphatic rings. The molecule has 3 heteroatoms. The molecular formula is C12H16FNO. The van der Waals surface area contributed by atoms with E-state index < -0.39 is 0 Å². The number of benzene rings is 1. The van der Waals surface area contributed by atoms with Gasteiger partial charge in [0.25, 0.3) is 0 Å². The number of para-hydroxylation sites is 1. The number of rotatable bonds is 6. The summed E-state index contributed by atoms with van der Waals surface area (Å²) in [6.45, 7) is 4.20. The Bertz CT molecular complexity index is 312. The monoisotopic (exact) mass is 209 g/mol. The fourth-order valence-electron chi connectivity index (χ4n) is 1.08. The van der Waals surface area contributed by atoms with Gasteiger partial charge in [-0.3, -0.25) is 0 Å². The number of hydrogen-bond acceptors (Lipinski definition) is 2. The molecule has 1 aromatic carbocycles. The van der Waals surface area contributed by atoms with Crippen LogP contribution in [0.25, 0.3) is 0 Å². The third-order valence-electron chi connectivity index (χ3n) is 1.85. The van der Waals surface area contributed by atoms with E-state index in [1.54, 1.807) is 18.2 Å². The largest absolute Gasteiger partial charge is 0.486 e. The standard InChI is InChI=1S/C12H16FNO/c1-2-14-9-5-6-10-15-12-8-4-3-7-11(12)13/h3-8,14H,2,9-10H2,1H3/b6-5+. The molecule has 1 aromatic rings. The van der Waals surface area contributed by atoms with Crippen molar-refractivity contribution in [2.75, 3.05) is 19.7 Å². The highest BCUT2D eigenvalue weighted by atomic mass is 19.1. The van der Waals surface area contributed by atoms with Crippen molar-refractivity contribution in [3.8, 4) is 5.75 Å². The van der Waals surface area contributed by atoms with Crippen LogP contribution in [0.5, 0.6) is 5.75 Å². The Labute approximate surface area is 89.8 Å². The van der Waals surface area contributed by atoms with E-state index in [2.05, 4.69) is 5.32 Å². The number of halogens is 1. The second-order valence-electron chi connectivity index (χ2n) is 3.02. The van der Waals surface area contributed by atoms with Gasteiger partial charge in [0.2, 0.25) is 0 Å². The minimum Gasteiger partial charge on any atom is -0.486 e. The zero-order valence-corrected chi connectivity index (χ0v) is 8.87. The Morgan fingerprint density at radius 2 is 2.13 bits per heavy atom. The molecule has 0 aliphatic heterocycles. The van der Waals surface area contributed by atoms with Crippen LogP contribution in [0, 0.1) is 5.82 Å². The lowest BCUT2D eigenvalue weighted by Crippen LogP contribution is -2.11. The maximum atomic E-state index is 13.1. The predicted molar refractivity (Wildman–Crippen MR) is 59.6 cm³/mol. The fourth-order valence-corrected chi connectivity index (χ4v) is 1.08. The number of ether oxygens (including phenoxy) is 1. The first-order chi connectivity index (χ1) is 7.34. The Morgan fingerprint density at radius 3 is 2.87 bits per heavy atom. The van der Waals surface area contributed by atoms with Gasteiger partial charge in [-0.2, -0.15) is 0 Å². The van der Waals surface area contributed by atoms with Crippen molar-refractivity contribution in [2.24, 2.45) is 0 Å². The van der Waals surface area contributed by atoms with Gasteiger partial charge in [0.1, 0.15) is 6.61 Å². The fraction of sp³-hybridized carbons (Fsp3) is 0.333. The second kappa shape index (κ2) is 7.01. The summed E-state index contributed by atoms with van der Waals surface area (Å²) in [5.41, 5.74) is 0. The molecule has 0 bridgehead atoms. The van der Waals surface area contributed by atoms with E-state index in [9.17, 15) is 4.39 Å². The molecule has 82 valence electrons. The molecule has 0 radical (unpaired) electrons. The summed E-state index contributed by atoms with van der Waals surface area (Å²) in [7, 11) is 0. The molecule has 0 saturated heterocycles. The highest BCUT2D eigenvalue weighted by molar-refractivity contribution is 5.23. The van der Waals surface area contributed by atoms with Crippen LogP contribution in [-0.2, 0) is 0 Å². The third-order valence-corrected chi connectivity index (χ3v) is 1.85. The van der Waals surface area contributed by atoms with Crippen LogP contribution >= 0.6 is 0 Å². The first-order valence-corrected chi connectivity index (χ1v) is 5.07. The topological polar surface area (TPSA) is 21.3 Å². The summed E-state index contributed by atoms with van der Waals surface area (Å²) in [5, 5.41) is 3.14. The van der Waals surface area contributed by atoms with Gasteiger partial charge in [0, 0.05) is 6.54 Å². The quantitative estimate of drug-likeness (QED) is 0.573. The van der Waals surface area contributed by atoms with Gasteiger partial charge in [-0.05, 0) is 18.7 Å². The molecule has 2 nitrogen and oxygen atoms in total. The Morgan fingerprint density at radius 1 is 1.33 bits per heavy atom. The minimum absolute atomic E-state index is 0.297. The Kier molecular flexibility index (Phi) is 5.48. The van der Waals surface area contributed by atoms with Crippen LogP contribution in [-0.4, -0.2) is 19.7 Å². The molecule has 0 amide bonds. The normalized spacial score (nSPS) is 10.8. The van der Waals surface area contributed by atoms with Gasteiger partial charge in [-0.1, -0.05) is 31.2 Å².